The molecule has 1 heteroatoms. The summed E-state index contributed by atoms with van der Waals surface area (Å²) < 4.78 is 0. The number of hydrogen-bond acceptors (Lipinski definition) is 1. The summed E-state index contributed by atoms with van der Waals surface area (Å²) in [7, 11) is 0. The van der Waals surface area contributed by atoms with Crippen molar-refractivity contribution in [1.29, 1.82) is 5.41 Å². The molecule has 0 saturated carbocycles. The molecular weight excluding hydrogens is 170 g/mol. The van der Waals surface area contributed by atoms with Crippen LogP contribution in [0.25, 0.3) is 5.57 Å². The van der Waals surface area contributed by atoms with Crippen molar-refractivity contribution in [2.45, 2.75) is 13.3 Å². The van der Waals surface area contributed by atoms with Gasteiger partial charge in [0.25, 0.3) is 0 Å². The highest BCUT2D eigenvalue weighted by Gasteiger charge is 1.97. The van der Waals surface area contributed by atoms with E-state index in [1.165, 1.54) is 11.1 Å². The quantitative estimate of drug-likeness (QED) is 0.692. The Morgan fingerprint density at radius 1 is 1.36 bits per heavy atom. The van der Waals surface area contributed by atoms with Gasteiger partial charge >= 0.3 is 0 Å². The van der Waals surface area contributed by atoms with E-state index in [0.717, 1.165) is 6.42 Å². The summed E-state index contributed by atoms with van der Waals surface area (Å²) in [5.41, 5.74) is 2.82. The highest BCUT2D eigenvalue weighted by molar-refractivity contribution is 6.05. The average Bonchev–Trinajstić information content (AvgIpc) is 2.26. The minimum Gasteiger partial charge on any atom is -0.301 e. The Morgan fingerprint density at radius 3 is 2.50 bits per heavy atom. The van der Waals surface area contributed by atoms with Gasteiger partial charge in [0.15, 0.2) is 0 Å². The zero-order chi connectivity index (χ0) is 10.4. The summed E-state index contributed by atoms with van der Waals surface area (Å²) >= 11 is 0. The number of rotatable bonds is 4. The number of allylic oxidation sites excluding steroid dienone is 3. The first-order valence-electron chi connectivity index (χ1n) is 4.75. The Hall–Kier alpha value is -1.63. The fraction of sp³-hybridized carbons (Fsp3) is 0.154. The smallest absolute Gasteiger partial charge is 0.0536 e. The lowest BCUT2D eigenvalue weighted by atomic mass is 10.0. The van der Waals surface area contributed by atoms with E-state index < -0.39 is 0 Å². The van der Waals surface area contributed by atoms with Crippen molar-refractivity contribution in [1.82, 2.24) is 0 Å². The molecule has 0 bridgehead atoms. The van der Waals surface area contributed by atoms with Gasteiger partial charge in [-0.25, -0.2) is 0 Å². The summed E-state index contributed by atoms with van der Waals surface area (Å²) in [4.78, 5) is 0. The van der Waals surface area contributed by atoms with Crippen molar-refractivity contribution in [3.05, 3.63) is 54.6 Å². The predicted molar refractivity (Wildman–Crippen MR) is 62.6 cm³/mol. The van der Waals surface area contributed by atoms with Crippen LogP contribution < -0.4 is 0 Å². The van der Waals surface area contributed by atoms with Crippen LogP contribution in [-0.2, 0) is 0 Å². The molecule has 0 aliphatic rings. The molecule has 1 aromatic rings. The topological polar surface area (TPSA) is 23.9 Å². The van der Waals surface area contributed by atoms with E-state index in [0.29, 0.717) is 5.71 Å². The molecular formula is C13H15N. The number of nitrogens with one attached hydrogen (secondary N) is 1. The second kappa shape index (κ2) is 5.18. The first kappa shape index (κ1) is 10.5. The molecule has 0 unspecified atom stereocenters. The molecule has 0 fully saturated rings. The van der Waals surface area contributed by atoms with Crippen molar-refractivity contribution < 1.29 is 0 Å². The van der Waals surface area contributed by atoms with Crippen LogP contribution in [0.15, 0.2) is 49.1 Å². The molecule has 0 heterocycles. The van der Waals surface area contributed by atoms with E-state index in [1.54, 1.807) is 6.08 Å². The van der Waals surface area contributed by atoms with Gasteiger partial charge in [-0.2, -0.15) is 0 Å². The van der Waals surface area contributed by atoms with Crippen LogP contribution in [0.4, 0.5) is 0 Å². The second-order valence-electron chi connectivity index (χ2n) is 3.05. The average molecular weight is 185 g/mol. The largest absolute Gasteiger partial charge is 0.301 e. The molecule has 0 atom stereocenters. The minimum atomic E-state index is 0.464. The Balaban J connectivity index is 2.99. The fourth-order valence-electron chi connectivity index (χ4n) is 1.29. The highest BCUT2D eigenvalue weighted by atomic mass is 14.4. The minimum absolute atomic E-state index is 0.464. The van der Waals surface area contributed by atoms with Crippen molar-refractivity contribution in [3.63, 3.8) is 0 Å². The van der Waals surface area contributed by atoms with Crippen LogP contribution in [0.3, 0.4) is 0 Å². The van der Waals surface area contributed by atoms with Crippen molar-refractivity contribution >= 4 is 11.3 Å². The van der Waals surface area contributed by atoms with Gasteiger partial charge < -0.3 is 5.41 Å². The van der Waals surface area contributed by atoms with E-state index in [2.05, 4.69) is 25.6 Å². The SMILES string of the molecule is C=CC(=N)/C=C(\CC)c1ccccc1. The maximum Gasteiger partial charge on any atom is 0.0536 e. The Kier molecular flexibility index (Phi) is 3.86. The second-order valence-corrected chi connectivity index (χ2v) is 3.05. The third-order valence-electron chi connectivity index (χ3n) is 2.08. The zero-order valence-electron chi connectivity index (χ0n) is 8.46. The number of benzene rings is 1. The van der Waals surface area contributed by atoms with Crippen LogP contribution in [0.2, 0.25) is 0 Å². The van der Waals surface area contributed by atoms with Gasteiger partial charge in [-0.1, -0.05) is 43.8 Å². The molecule has 72 valence electrons. The van der Waals surface area contributed by atoms with Gasteiger partial charge in [0, 0.05) is 0 Å². The predicted octanol–water partition coefficient (Wildman–Crippen LogP) is 3.69. The van der Waals surface area contributed by atoms with Crippen molar-refractivity contribution in [3.8, 4) is 0 Å². The lowest BCUT2D eigenvalue weighted by Gasteiger charge is -2.03. The lowest BCUT2D eigenvalue weighted by Crippen LogP contribution is -1.88. The monoisotopic (exact) mass is 185 g/mol. The van der Waals surface area contributed by atoms with Gasteiger partial charge in [-0.05, 0) is 29.7 Å². The van der Waals surface area contributed by atoms with Crippen molar-refractivity contribution in [2.24, 2.45) is 0 Å². The lowest BCUT2D eigenvalue weighted by molar-refractivity contribution is 1.24. The normalized spacial score (nSPS) is 11.1. The molecule has 0 amide bonds. The Bertz CT molecular complexity index is 347. The first-order valence-corrected chi connectivity index (χ1v) is 4.75. The summed E-state index contributed by atoms with van der Waals surface area (Å²) in [6.45, 7) is 5.66. The Labute approximate surface area is 85.3 Å². The number of hydrogen-bond donors (Lipinski definition) is 1. The van der Waals surface area contributed by atoms with Gasteiger partial charge in [0.2, 0.25) is 0 Å². The fourth-order valence-corrected chi connectivity index (χ4v) is 1.29. The van der Waals surface area contributed by atoms with Gasteiger partial charge in [-0.15, -0.1) is 0 Å². The van der Waals surface area contributed by atoms with Gasteiger partial charge in [-0.3, -0.25) is 0 Å². The molecule has 0 radical (unpaired) electrons. The van der Waals surface area contributed by atoms with Crippen molar-refractivity contribution in [2.75, 3.05) is 0 Å². The van der Waals surface area contributed by atoms with Gasteiger partial charge in [0.1, 0.15) is 0 Å². The summed E-state index contributed by atoms with van der Waals surface area (Å²) in [5.74, 6) is 0. The molecule has 0 aromatic heterocycles. The van der Waals surface area contributed by atoms with Crippen LogP contribution in [0, 0.1) is 5.41 Å². The molecule has 1 aromatic carbocycles. The van der Waals surface area contributed by atoms with E-state index in [4.69, 9.17) is 5.41 Å². The standard InChI is InChI=1S/C13H15N/c1-3-11(10-13(14)4-2)12-8-6-5-7-9-12/h4-10,14H,2-3H2,1H3/b11-10+,14-13?. The molecule has 0 aliphatic heterocycles. The summed E-state index contributed by atoms with van der Waals surface area (Å²) in [5, 5.41) is 7.53. The van der Waals surface area contributed by atoms with E-state index in [9.17, 15) is 0 Å². The third-order valence-corrected chi connectivity index (χ3v) is 2.08. The molecule has 1 rings (SSSR count). The van der Waals surface area contributed by atoms with Crippen LogP contribution >= 0.6 is 0 Å². The third kappa shape index (κ3) is 2.70. The maximum atomic E-state index is 7.53. The molecule has 0 spiro atoms. The van der Waals surface area contributed by atoms with Gasteiger partial charge in [0.05, 0.1) is 5.71 Å². The summed E-state index contributed by atoms with van der Waals surface area (Å²) in [6, 6.07) is 10.1. The molecule has 0 saturated heterocycles. The molecule has 1 N–H and O–H groups in total. The summed E-state index contributed by atoms with van der Waals surface area (Å²) in [6.07, 6.45) is 4.35. The Morgan fingerprint density at radius 2 is 2.00 bits per heavy atom. The van der Waals surface area contributed by atoms with E-state index >= 15 is 0 Å². The molecule has 14 heavy (non-hydrogen) atoms. The molecule has 0 aliphatic carbocycles. The first-order chi connectivity index (χ1) is 6.77. The van der Waals surface area contributed by atoms with Crippen LogP contribution in [0.5, 0.6) is 0 Å². The van der Waals surface area contributed by atoms with E-state index in [-0.39, 0.29) is 0 Å². The maximum absolute atomic E-state index is 7.53. The van der Waals surface area contributed by atoms with Crippen LogP contribution in [-0.4, -0.2) is 5.71 Å². The zero-order valence-corrected chi connectivity index (χ0v) is 8.46. The van der Waals surface area contributed by atoms with E-state index in [1.807, 2.05) is 24.3 Å². The molecule has 1 nitrogen and oxygen atoms in total. The van der Waals surface area contributed by atoms with Crippen LogP contribution in [0.1, 0.15) is 18.9 Å². The highest BCUT2D eigenvalue weighted by Crippen LogP contribution is 2.17.